The van der Waals surface area contributed by atoms with Gasteiger partial charge in [-0.15, -0.1) is 0 Å². The Bertz CT molecular complexity index is 921. The minimum Gasteiger partial charge on any atom is -0.486 e. The average Bonchev–Trinajstić information content (AvgIpc) is 3.32. The molecule has 1 atom stereocenters. The number of halogens is 1. The minimum atomic E-state index is -0.214. The quantitative estimate of drug-likeness (QED) is 0.730. The van der Waals surface area contributed by atoms with Crippen LogP contribution in [0.15, 0.2) is 35.0 Å². The number of benzene rings is 1. The predicted molar refractivity (Wildman–Crippen MR) is 98.5 cm³/mol. The molecule has 0 saturated carbocycles. The molecule has 0 saturated heterocycles. The third-order valence-corrected chi connectivity index (χ3v) is 5.10. The Morgan fingerprint density at radius 1 is 1.44 bits per heavy atom. The lowest BCUT2D eigenvalue weighted by molar-refractivity contribution is 0.0928. The van der Waals surface area contributed by atoms with Gasteiger partial charge < -0.3 is 10.1 Å². The highest BCUT2D eigenvalue weighted by atomic mass is 35.5. The Morgan fingerprint density at radius 2 is 2.32 bits per heavy atom. The summed E-state index contributed by atoms with van der Waals surface area (Å²) in [5.74, 6) is 0.504. The maximum atomic E-state index is 12.1. The van der Waals surface area contributed by atoms with Crippen LogP contribution in [0.1, 0.15) is 21.7 Å². The number of rotatable bonds is 4. The van der Waals surface area contributed by atoms with Crippen molar-refractivity contribution in [2.24, 2.45) is 0 Å². The van der Waals surface area contributed by atoms with Crippen molar-refractivity contribution in [3.63, 3.8) is 0 Å². The van der Waals surface area contributed by atoms with Gasteiger partial charge in [-0.1, -0.05) is 11.6 Å². The number of aromatic nitrogens is 2. The van der Waals surface area contributed by atoms with E-state index in [1.807, 2.05) is 18.4 Å². The van der Waals surface area contributed by atoms with Gasteiger partial charge in [-0.3, -0.25) is 9.89 Å². The SMILES string of the molecule is Cc1cc(C(=O)NC[C@@H]2Cc3cc(-c4ccsc4)cc(Cl)c3O2)n[nH]1. The summed E-state index contributed by atoms with van der Waals surface area (Å²) in [7, 11) is 0. The Morgan fingerprint density at radius 3 is 3.04 bits per heavy atom. The number of hydrogen-bond donors (Lipinski definition) is 2. The molecule has 7 heteroatoms. The fourth-order valence-corrected chi connectivity index (χ4v) is 3.88. The number of aryl methyl sites for hydroxylation is 1. The highest BCUT2D eigenvalue weighted by molar-refractivity contribution is 7.08. The monoisotopic (exact) mass is 373 g/mol. The number of H-pyrrole nitrogens is 1. The van der Waals surface area contributed by atoms with Crippen molar-refractivity contribution < 1.29 is 9.53 Å². The molecule has 1 amide bonds. The maximum Gasteiger partial charge on any atom is 0.271 e. The second kappa shape index (κ2) is 6.54. The first kappa shape index (κ1) is 16.2. The number of amides is 1. The van der Waals surface area contributed by atoms with E-state index >= 15 is 0 Å². The molecule has 0 spiro atoms. The van der Waals surface area contributed by atoms with Crippen LogP contribution in [-0.4, -0.2) is 28.8 Å². The zero-order chi connectivity index (χ0) is 17.4. The number of nitrogens with one attached hydrogen (secondary N) is 2. The molecule has 4 rings (SSSR count). The Balaban J connectivity index is 1.44. The van der Waals surface area contributed by atoms with Crippen molar-refractivity contribution in [2.75, 3.05) is 6.54 Å². The molecule has 1 aliphatic heterocycles. The van der Waals surface area contributed by atoms with Crippen LogP contribution < -0.4 is 10.1 Å². The fourth-order valence-electron chi connectivity index (χ4n) is 2.93. The van der Waals surface area contributed by atoms with Crippen LogP contribution in [0.3, 0.4) is 0 Å². The van der Waals surface area contributed by atoms with Crippen LogP contribution in [0.4, 0.5) is 0 Å². The normalized spacial score (nSPS) is 15.7. The highest BCUT2D eigenvalue weighted by Crippen LogP contribution is 2.39. The van der Waals surface area contributed by atoms with E-state index in [9.17, 15) is 4.79 Å². The smallest absolute Gasteiger partial charge is 0.271 e. The van der Waals surface area contributed by atoms with Gasteiger partial charge >= 0.3 is 0 Å². The molecule has 0 aliphatic carbocycles. The molecule has 1 aliphatic rings. The molecule has 1 aromatic carbocycles. The first-order valence-corrected chi connectivity index (χ1v) is 9.24. The molecule has 2 N–H and O–H groups in total. The van der Waals surface area contributed by atoms with Gasteiger partial charge in [0.15, 0.2) is 0 Å². The van der Waals surface area contributed by atoms with Gasteiger partial charge in [-0.05, 0) is 53.1 Å². The molecule has 128 valence electrons. The van der Waals surface area contributed by atoms with Crippen LogP contribution in [0, 0.1) is 6.92 Å². The van der Waals surface area contributed by atoms with Gasteiger partial charge in [0.2, 0.25) is 0 Å². The number of carbonyl (C=O) groups excluding carboxylic acids is 1. The van der Waals surface area contributed by atoms with Crippen molar-refractivity contribution >= 4 is 28.8 Å². The lowest BCUT2D eigenvalue weighted by Gasteiger charge is -2.11. The zero-order valence-corrected chi connectivity index (χ0v) is 15.1. The topological polar surface area (TPSA) is 67.0 Å². The Hall–Kier alpha value is -2.31. The third kappa shape index (κ3) is 3.27. The summed E-state index contributed by atoms with van der Waals surface area (Å²) < 4.78 is 5.93. The number of thiophene rings is 1. The average molecular weight is 374 g/mol. The molecular weight excluding hydrogens is 358 g/mol. The maximum absolute atomic E-state index is 12.1. The van der Waals surface area contributed by atoms with E-state index in [1.54, 1.807) is 17.4 Å². The zero-order valence-electron chi connectivity index (χ0n) is 13.5. The van der Waals surface area contributed by atoms with E-state index in [4.69, 9.17) is 16.3 Å². The van der Waals surface area contributed by atoms with E-state index in [1.165, 1.54) is 0 Å². The number of hydrogen-bond acceptors (Lipinski definition) is 4. The van der Waals surface area contributed by atoms with Crippen molar-refractivity contribution in [1.82, 2.24) is 15.5 Å². The third-order valence-electron chi connectivity index (χ3n) is 4.14. The van der Waals surface area contributed by atoms with Gasteiger partial charge in [0.1, 0.15) is 17.5 Å². The van der Waals surface area contributed by atoms with Crippen molar-refractivity contribution in [3.8, 4) is 16.9 Å². The summed E-state index contributed by atoms with van der Waals surface area (Å²) in [6.45, 7) is 2.26. The number of nitrogens with zero attached hydrogens (tertiary/aromatic N) is 1. The molecule has 3 heterocycles. The van der Waals surface area contributed by atoms with E-state index in [0.29, 0.717) is 23.7 Å². The summed E-state index contributed by atoms with van der Waals surface area (Å²) in [5.41, 5.74) is 4.54. The van der Waals surface area contributed by atoms with E-state index in [2.05, 4.69) is 33.0 Å². The molecule has 0 bridgehead atoms. The summed E-state index contributed by atoms with van der Waals surface area (Å²) in [6.07, 6.45) is 0.585. The highest BCUT2D eigenvalue weighted by Gasteiger charge is 2.26. The molecule has 0 fully saturated rings. The first-order valence-electron chi connectivity index (χ1n) is 7.92. The van der Waals surface area contributed by atoms with Gasteiger partial charge in [0, 0.05) is 17.7 Å². The Labute approximate surface area is 154 Å². The minimum absolute atomic E-state index is 0.130. The summed E-state index contributed by atoms with van der Waals surface area (Å²) >= 11 is 8.05. The number of aromatic amines is 1. The van der Waals surface area contributed by atoms with Gasteiger partial charge in [0.25, 0.3) is 5.91 Å². The van der Waals surface area contributed by atoms with Gasteiger partial charge in [0.05, 0.1) is 11.6 Å². The molecule has 5 nitrogen and oxygen atoms in total. The largest absolute Gasteiger partial charge is 0.486 e. The van der Waals surface area contributed by atoms with Crippen LogP contribution in [0.5, 0.6) is 5.75 Å². The molecule has 0 unspecified atom stereocenters. The summed E-state index contributed by atoms with van der Waals surface area (Å²) in [6, 6.07) is 7.82. The number of carbonyl (C=O) groups is 1. The lowest BCUT2D eigenvalue weighted by Crippen LogP contribution is -2.34. The van der Waals surface area contributed by atoms with Crippen molar-refractivity contribution in [3.05, 3.63) is 57.0 Å². The van der Waals surface area contributed by atoms with Crippen molar-refractivity contribution in [2.45, 2.75) is 19.4 Å². The molecule has 3 aromatic rings. The van der Waals surface area contributed by atoms with Crippen LogP contribution >= 0.6 is 22.9 Å². The second-order valence-electron chi connectivity index (χ2n) is 6.05. The van der Waals surface area contributed by atoms with Crippen LogP contribution in [0.25, 0.3) is 11.1 Å². The van der Waals surface area contributed by atoms with E-state index < -0.39 is 0 Å². The van der Waals surface area contributed by atoms with E-state index in [-0.39, 0.29) is 12.0 Å². The van der Waals surface area contributed by atoms with Gasteiger partial charge in [-0.2, -0.15) is 16.4 Å². The standard InChI is InChI=1S/C18H16ClN3O2S/c1-10-4-16(22-21-10)18(23)20-8-14-6-13-5-12(11-2-3-25-9-11)7-15(19)17(13)24-14/h2-5,7,9,14H,6,8H2,1H3,(H,20,23)(H,21,22)/t14-/m0/s1. The second-order valence-corrected chi connectivity index (χ2v) is 7.24. The predicted octanol–water partition coefficient (Wildman–Crippen LogP) is 3.83. The van der Waals surface area contributed by atoms with E-state index in [0.717, 1.165) is 28.1 Å². The van der Waals surface area contributed by atoms with Gasteiger partial charge in [-0.25, -0.2) is 0 Å². The van der Waals surface area contributed by atoms with Crippen molar-refractivity contribution in [1.29, 1.82) is 0 Å². The van der Waals surface area contributed by atoms with Crippen LogP contribution in [-0.2, 0) is 6.42 Å². The molecule has 0 radical (unpaired) electrons. The van der Waals surface area contributed by atoms with Crippen LogP contribution in [0.2, 0.25) is 5.02 Å². The molecule has 2 aromatic heterocycles. The lowest BCUT2D eigenvalue weighted by atomic mass is 10.0. The number of ether oxygens (including phenoxy) is 1. The first-order chi connectivity index (χ1) is 12.1. The number of fused-ring (bicyclic) bond motifs is 1. The molecule has 25 heavy (non-hydrogen) atoms. The summed E-state index contributed by atoms with van der Waals surface area (Å²) in [5, 5.41) is 14.3. The Kier molecular flexibility index (Phi) is 4.23. The fraction of sp³-hybridized carbons (Fsp3) is 0.222. The molecular formula is C18H16ClN3O2S. The summed E-state index contributed by atoms with van der Waals surface area (Å²) in [4.78, 5) is 12.1.